The lowest BCUT2D eigenvalue weighted by Gasteiger charge is -2.41. The minimum Gasteiger partial charge on any atom is -0.297 e. The maximum atomic E-state index is 4.46. The van der Waals surface area contributed by atoms with Gasteiger partial charge in [-0.15, -0.1) is 5.10 Å². The highest BCUT2D eigenvalue weighted by Gasteiger charge is 2.34. The Balaban J connectivity index is 1.70. The molecule has 6 heteroatoms. The molecule has 27 heavy (non-hydrogen) atoms. The fourth-order valence-corrected chi connectivity index (χ4v) is 3.88. The van der Waals surface area contributed by atoms with Crippen LogP contribution in [0.5, 0.6) is 0 Å². The zero-order valence-corrected chi connectivity index (χ0v) is 17.5. The van der Waals surface area contributed by atoms with Crippen LogP contribution in [0, 0.1) is 5.92 Å². The highest BCUT2D eigenvalue weighted by molar-refractivity contribution is 5.14. The Morgan fingerprint density at radius 1 is 1.04 bits per heavy atom. The van der Waals surface area contributed by atoms with E-state index >= 15 is 0 Å². The molecule has 0 spiro atoms. The molecule has 0 N–H and O–H groups in total. The van der Waals surface area contributed by atoms with Gasteiger partial charge in [-0.1, -0.05) is 51.1 Å². The van der Waals surface area contributed by atoms with E-state index in [4.69, 9.17) is 0 Å². The maximum Gasteiger partial charge on any atom is 0.169 e. The molecule has 1 unspecified atom stereocenters. The van der Waals surface area contributed by atoms with Crippen molar-refractivity contribution in [1.82, 2.24) is 30.0 Å². The zero-order valence-electron chi connectivity index (χ0n) is 17.5. The van der Waals surface area contributed by atoms with Crippen molar-refractivity contribution in [3.8, 4) is 0 Å². The molecule has 1 aromatic carbocycles. The second-order valence-electron chi connectivity index (χ2n) is 8.60. The largest absolute Gasteiger partial charge is 0.297 e. The smallest absolute Gasteiger partial charge is 0.169 e. The van der Waals surface area contributed by atoms with E-state index in [0.29, 0.717) is 5.92 Å². The van der Waals surface area contributed by atoms with Crippen molar-refractivity contribution in [2.24, 2.45) is 5.92 Å². The third-order valence-corrected chi connectivity index (χ3v) is 5.88. The van der Waals surface area contributed by atoms with Crippen molar-refractivity contribution >= 4 is 0 Å². The molecule has 0 saturated carbocycles. The second kappa shape index (κ2) is 8.48. The first-order chi connectivity index (χ1) is 12.9. The van der Waals surface area contributed by atoms with E-state index in [1.807, 2.05) is 4.68 Å². The Hall–Kier alpha value is -1.79. The SMILES string of the molecule is CCC(C)(C)n1nnnc1C(C(C)C)N1CCN(Cc2ccccc2)CC1. The molecule has 0 bridgehead atoms. The van der Waals surface area contributed by atoms with E-state index in [0.717, 1.165) is 45.0 Å². The van der Waals surface area contributed by atoms with Gasteiger partial charge in [-0.05, 0) is 42.2 Å². The summed E-state index contributed by atoms with van der Waals surface area (Å²) in [5.74, 6) is 1.47. The molecule has 2 heterocycles. The number of rotatable bonds is 7. The fraction of sp³-hybridized carbons (Fsp3) is 0.667. The quantitative estimate of drug-likeness (QED) is 0.748. The van der Waals surface area contributed by atoms with Crippen LogP contribution in [-0.4, -0.2) is 56.2 Å². The maximum absolute atomic E-state index is 4.46. The van der Waals surface area contributed by atoms with Gasteiger partial charge in [-0.25, -0.2) is 4.68 Å². The summed E-state index contributed by atoms with van der Waals surface area (Å²) in [6.45, 7) is 16.5. The summed E-state index contributed by atoms with van der Waals surface area (Å²) in [4.78, 5) is 5.11. The first kappa shape index (κ1) is 20.0. The van der Waals surface area contributed by atoms with E-state index in [1.54, 1.807) is 0 Å². The van der Waals surface area contributed by atoms with Gasteiger partial charge in [0.2, 0.25) is 0 Å². The molecule has 1 fully saturated rings. The third kappa shape index (κ3) is 4.55. The van der Waals surface area contributed by atoms with Gasteiger partial charge in [0.25, 0.3) is 0 Å². The summed E-state index contributed by atoms with van der Waals surface area (Å²) in [6, 6.07) is 11.0. The van der Waals surface area contributed by atoms with Crippen molar-refractivity contribution < 1.29 is 0 Å². The standard InChI is InChI=1S/C21H34N6/c1-6-21(4,5)27-20(22-23-24-27)19(17(2)3)26-14-12-25(13-15-26)16-18-10-8-7-9-11-18/h7-11,17,19H,6,12-16H2,1-5H3. The number of aromatic nitrogens is 4. The molecule has 0 radical (unpaired) electrons. The Bertz CT molecular complexity index is 700. The Kier molecular flexibility index (Phi) is 6.27. The van der Waals surface area contributed by atoms with Crippen LogP contribution >= 0.6 is 0 Å². The first-order valence-electron chi connectivity index (χ1n) is 10.2. The van der Waals surface area contributed by atoms with Crippen LogP contribution < -0.4 is 0 Å². The fourth-order valence-electron chi connectivity index (χ4n) is 3.88. The van der Waals surface area contributed by atoms with Gasteiger partial charge in [-0.3, -0.25) is 9.80 Å². The van der Waals surface area contributed by atoms with Crippen molar-refractivity contribution in [2.45, 2.75) is 59.2 Å². The second-order valence-corrected chi connectivity index (χ2v) is 8.60. The van der Waals surface area contributed by atoms with E-state index in [9.17, 15) is 0 Å². The predicted octanol–water partition coefficient (Wildman–Crippen LogP) is 3.33. The van der Waals surface area contributed by atoms with Crippen LogP contribution in [0.3, 0.4) is 0 Å². The molecule has 1 aliphatic heterocycles. The number of piperazine rings is 1. The number of hydrogen-bond acceptors (Lipinski definition) is 5. The summed E-state index contributed by atoms with van der Waals surface area (Å²) in [5.41, 5.74) is 1.32. The lowest BCUT2D eigenvalue weighted by Crippen LogP contribution is -2.49. The number of nitrogens with zero attached hydrogens (tertiary/aromatic N) is 6. The summed E-state index contributed by atoms with van der Waals surface area (Å²) >= 11 is 0. The Labute approximate surface area is 163 Å². The topological polar surface area (TPSA) is 50.1 Å². The minimum atomic E-state index is -0.0683. The molecular formula is C21H34N6. The summed E-state index contributed by atoms with van der Waals surface area (Å²) in [7, 11) is 0. The number of tetrazole rings is 1. The minimum absolute atomic E-state index is 0.0683. The van der Waals surface area contributed by atoms with Crippen molar-refractivity contribution in [3.05, 3.63) is 41.7 Å². The molecule has 1 aliphatic rings. The third-order valence-electron chi connectivity index (χ3n) is 5.88. The Morgan fingerprint density at radius 3 is 2.30 bits per heavy atom. The molecule has 3 rings (SSSR count). The van der Waals surface area contributed by atoms with Crippen molar-refractivity contribution in [1.29, 1.82) is 0 Å². The molecule has 1 aromatic heterocycles. The molecule has 6 nitrogen and oxygen atoms in total. The summed E-state index contributed by atoms with van der Waals surface area (Å²) in [6.07, 6.45) is 1.00. The van der Waals surface area contributed by atoms with Crippen LogP contribution in [0.4, 0.5) is 0 Å². The van der Waals surface area contributed by atoms with Gasteiger partial charge in [-0.2, -0.15) is 0 Å². The van der Waals surface area contributed by atoms with Crippen molar-refractivity contribution in [3.63, 3.8) is 0 Å². The first-order valence-corrected chi connectivity index (χ1v) is 10.2. The Morgan fingerprint density at radius 2 is 1.70 bits per heavy atom. The number of hydrogen-bond donors (Lipinski definition) is 0. The summed E-state index contributed by atoms with van der Waals surface area (Å²) < 4.78 is 2.05. The highest BCUT2D eigenvalue weighted by Crippen LogP contribution is 2.31. The zero-order chi connectivity index (χ0) is 19.4. The monoisotopic (exact) mass is 370 g/mol. The predicted molar refractivity (Wildman–Crippen MR) is 108 cm³/mol. The van der Waals surface area contributed by atoms with Gasteiger partial charge >= 0.3 is 0 Å². The van der Waals surface area contributed by atoms with Gasteiger partial charge in [0.1, 0.15) is 0 Å². The van der Waals surface area contributed by atoms with Crippen LogP contribution in [0.2, 0.25) is 0 Å². The molecular weight excluding hydrogens is 336 g/mol. The van der Waals surface area contributed by atoms with Gasteiger partial charge in [0.05, 0.1) is 11.6 Å². The van der Waals surface area contributed by atoms with Gasteiger partial charge < -0.3 is 0 Å². The highest BCUT2D eigenvalue weighted by atomic mass is 15.6. The lowest BCUT2D eigenvalue weighted by atomic mass is 9.97. The molecule has 0 aliphatic carbocycles. The van der Waals surface area contributed by atoms with Crippen LogP contribution in [0.15, 0.2) is 30.3 Å². The average Bonchev–Trinajstić information content (AvgIpc) is 3.14. The van der Waals surface area contributed by atoms with Crippen LogP contribution in [0.25, 0.3) is 0 Å². The summed E-state index contributed by atoms with van der Waals surface area (Å²) in [5, 5.41) is 12.8. The van der Waals surface area contributed by atoms with Crippen LogP contribution in [0.1, 0.15) is 58.5 Å². The molecule has 1 atom stereocenters. The molecule has 0 amide bonds. The number of benzene rings is 1. The normalized spacial score (nSPS) is 18.1. The molecule has 148 valence electrons. The molecule has 1 saturated heterocycles. The van der Waals surface area contributed by atoms with Gasteiger partial charge in [0.15, 0.2) is 5.82 Å². The van der Waals surface area contributed by atoms with E-state index < -0.39 is 0 Å². The van der Waals surface area contributed by atoms with Crippen molar-refractivity contribution in [2.75, 3.05) is 26.2 Å². The lowest BCUT2D eigenvalue weighted by molar-refractivity contribution is 0.0631. The van der Waals surface area contributed by atoms with Gasteiger partial charge in [0, 0.05) is 32.7 Å². The average molecular weight is 371 g/mol. The van der Waals surface area contributed by atoms with Crippen LogP contribution in [-0.2, 0) is 12.1 Å². The van der Waals surface area contributed by atoms with E-state index in [1.165, 1.54) is 5.56 Å². The molecule has 2 aromatic rings. The van der Waals surface area contributed by atoms with E-state index in [-0.39, 0.29) is 11.6 Å². The van der Waals surface area contributed by atoms with E-state index in [2.05, 4.69) is 90.3 Å².